The van der Waals surface area contributed by atoms with Gasteiger partial charge in [0.15, 0.2) is 5.16 Å². The van der Waals surface area contributed by atoms with Gasteiger partial charge in [0, 0.05) is 12.6 Å². The minimum Gasteiger partial charge on any atom is -0.368 e. The number of rotatable bonds is 8. The van der Waals surface area contributed by atoms with E-state index in [2.05, 4.69) is 22.4 Å². The molecule has 3 N–H and O–H groups in total. The summed E-state index contributed by atoms with van der Waals surface area (Å²) in [5.41, 5.74) is 5.78. The van der Waals surface area contributed by atoms with E-state index in [1.54, 1.807) is 0 Å². The molecule has 20 heavy (non-hydrogen) atoms. The van der Waals surface area contributed by atoms with Crippen molar-refractivity contribution in [1.29, 1.82) is 0 Å². The summed E-state index contributed by atoms with van der Waals surface area (Å²) in [6.07, 6.45) is 3.31. The molecule has 0 aromatic carbocycles. The van der Waals surface area contributed by atoms with Crippen LogP contribution in [0.15, 0.2) is 5.16 Å². The second kappa shape index (κ2) is 8.14. The third-order valence-corrected chi connectivity index (χ3v) is 4.00. The first-order valence-corrected chi connectivity index (χ1v) is 8.00. The zero-order valence-electron chi connectivity index (χ0n) is 12.7. The Morgan fingerprint density at radius 1 is 1.35 bits per heavy atom. The highest BCUT2D eigenvalue weighted by molar-refractivity contribution is 8.00. The van der Waals surface area contributed by atoms with Gasteiger partial charge in [0.1, 0.15) is 0 Å². The van der Waals surface area contributed by atoms with Gasteiger partial charge in [-0.15, -0.1) is 10.2 Å². The van der Waals surface area contributed by atoms with E-state index < -0.39 is 0 Å². The fourth-order valence-corrected chi connectivity index (χ4v) is 2.81. The van der Waals surface area contributed by atoms with Crippen molar-refractivity contribution < 1.29 is 4.79 Å². The number of nitrogen functional groups attached to an aromatic ring is 1. The largest absolute Gasteiger partial charge is 0.368 e. The highest BCUT2D eigenvalue weighted by atomic mass is 32.2. The standard InChI is InChI=1S/C13H25N5OS/c1-5-6-7-8-15-11(19)10(4)20-13-17-16-12(14)18(13)9(2)3/h9-10H,5-8H2,1-4H3,(H2,14,16)(H,15,19). The van der Waals surface area contributed by atoms with Crippen molar-refractivity contribution in [3.8, 4) is 0 Å². The van der Waals surface area contributed by atoms with Crippen LogP contribution in [-0.2, 0) is 4.79 Å². The first-order chi connectivity index (χ1) is 9.47. The molecular weight excluding hydrogens is 274 g/mol. The Labute approximate surface area is 124 Å². The lowest BCUT2D eigenvalue weighted by Gasteiger charge is -2.14. The SMILES string of the molecule is CCCCCNC(=O)C(C)Sc1nnc(N)n1C(C)C. The second-order valence-electron chi connectivity index (χ2n) is 5.06. The zero-order chi connectivity index (χ0) is 15.1. The Balaban J connectivity index is 2.53. The summed E-state index contributed by atoms with van der Waals surface area (Å²) in [5.74, 6) is 0.418. The minimum atomic E-state index is -0.210. The zero-order valence-corrected chi connectivity index (χ0v) is 13.5. The van der Waals surface area contributed by atoms with Crippen LogP contribution in [0.2, 0.25) is 0 Å². The van der Waals surface area contributed by atoms with Gasteiger partial charge < -0.3 is 11.1 Å². The van der Waals surface area contributed by atoms with Gasteiger partial charge in [0.2, 0.25) is 11.9 Å². The molecule has 1 amide bonds. The van der Waals surface area contributed by atoms with Gasteiger partial charge in [0.25, 0.3) is 0 Å². The molecule has 1 aromatic heterocycles. The van der Waals surface area contributed by atoms with Gasteiger partial charge in [-0.25, -0.2) is 0 Å². The van der Waals surface area contributed by atoms with Gasteiger partial charge in [-0.3, -0.25) is 9.36 Å². The van der Waals surface area contributed by atoms with Crippen LogP contribution in [0.5, 0.6) is 0 Å². The molecule has 0 saturated carbocycles. The minimum absolute atomic E-state index is 0.0305. The molecule has 1 rings (SSSR count). The highest BCUT2D eigenvalue weighted by Crippen LogP contribution is 2.26. The smallest absolute Gasteiger partial charge is 0.233 e. The van der Waals surface area contributed by atoms with E-state index in [1.165, 1.54) is 11.8 Å². The molecule has 1 aromatic rings. The number of aromatic nitrogens is 3. The van der Waals surface area contributed by atoms with Crippen molar-refractivity contribution >= 4 is 23.6 Å². The number of thioether (sulfide) groups is 1. The predicted octanol–water partition coefficient (Wildman–Crippen LogP) is 2.23. The van der Waals surface area contributed by atoms with Crippen LogP contribution in [0.1, 0.15) is 53.0 Å². The van der Waals surface area contributed by atoms with Crippen molar-refractivity contribution in [2.75, 3.05) is 12.3 Å². The number of nitrogens with zero attached hydrogens (tertiary/aromatic N) is 3. The van der Waals surface area contributed by atoms with Crippen molar-refractivity contribution in [2.45, 2.75) is 63.4 Å². The summed E-state index contributed by atoms with van der Waals surface area (Å²) < 4.78 is 1.84. The molecule has 1 atom stereocenters. The molecule has 1 unspecified atom stereocenters. The molecule has 0 aliphatic heterocycles. The lowest BCUT2D eigenvalue weighted by atomic mass is 10.2. The Morgan fingerprint density at radius 2 is 2.05 bits per heavy atom. The lowest BCUT2D eigenvalue weighted by Crippen LogP contribution is -2.31. The number of hydrogen-bond donors (Lipinski definition) is 2. The first kappa shape index (κ1) is 16.8. The molecule has 0 aliphatic carbocycles. The number of nitrogens with one attached hydrogen (secondary N) is 1. The number of hydrogen-bond acceptors (Lipinski definition) is 5. The number of nitrogens with two attached hydrogens (primary N) is 1. The van der Waals surface area contributed by atoms with E-state index in [0.717, 1.165) is 25.8 Å². The fraction of sp³-hybridized carbons (Fsp3) is 0.769. The number of carbonyl (C=O) groups is 1. The summed E-state index contributed by atoms with van der Waals surface area (Å²) in [5, 5.41) is 11.3. The van der Waals surface area contributed by atoms with Crippen LogP contribution in [0.25, 0.3) is 0 Å². The molecule has 1 heterocycles. The Hall–Kier alpha value is -1.24. The van der Waals surface area contributed by atoms with Gasteiger partial charge >= 0.3 is 0 Å². The van der Waals surface area contributed by atoms with E-state index in [0.29, 0.717) is 11.1 Å². The Morgan fingerprint density at radius 3 is 2.65 bits per heavy atom. The Kier molecular flexibility index (Phi) is 6.84. The molecule has 0 bridgehead atoms. The summed E-state index contributed by atoms with van der Waals surface area (Å²) in [4.78, 5) is 12.0. The average molecular weight is 299 g/mol. The summed E-state index contributed by atoms with van der Waals surface area (Å²) in [7, 11) is 0. The van der Waals surface area contributed by atoms with Gasteiger partial charge in [0.05, 0.1) is 5.25 Å². The van der Waals surface area contributed by atoms with E-state index in [1.807, 2.05) is 25.3 Å². The molecule has 114 valence electrons. The molecule has 0 radical (unpaired) electrons. The van der Waals surface area contributed by atoms with Crippen LogP contribution in [0.3, 0.4) is 0 Å². The lowest BCUT2D eigenvalue weighted by molar-refractivity contribution is -0.120. The van der Waals surface area contributed by atoms with E-state index in [9.17, 15) is 4.79 Å². The van der Waals surface area contributed by atoms with Gasteiger partial charge in [-0.1, -0.05) is 31.5 Å². The maximum absolute atomic E-state index is 12.0. The molecule has 0 spiro atoms. The van der Waals surface area contributed by atoms with Crippen molar-refractivity contribution in [3.05, 3.63) is 0 Å². The predicted molar refractivity (Wildman–Crippen MR) is 82.7 cm³/mol. The van der Waals surface area contributed by atoms with Crippen LogP contribution in [0, 0.1) is 0 Å². The van der Waals surface area contributed by atoms with Crippen molar-refractivity contribution in [3.63, 3.8) is 0 Å². The van der Waals surface area contributed by atoms with E-state index in [-0.39, 0.29) is 17.2 Å². The molecular formula is C13H25N5OS. The number of anilines is 1. The Bertz CT molecular complexity index is 432. The van der Waals surface area contributed by atoms with E-state index >= 15 is 0 Å². The highest BCUT2D eigenvalue weighted by Gasteiger charge is 2.20. The normalized spacial score (nSPS) is 12.7. The summed E-state index contributed by atoms with van der Waals surface area (Å²) in [6.45, 7) is 8.77. The molecule has 0 aliphatic rings. The molecule has 0 fully saturated rings. The monoisotopic (exact) mass is 299 g/mol. The van der Waals surface area contributed by atoms with Crippen LogP contribution >= 0.6 is 11.8 Å². The van der Waals surface area contributed by atoms with Crippen LogP contribution in [0.4, 0.5) is 5.95 Å². The van der Waals surface area contributed by atoms with Crippen molar-refractivity contribution in [2.24, 2.45) is 0 Å². The van der Waals surface area contributed by atoms with Crippen LogP contribution in [-0.4, -0.2) is 32.5 Å². The maximum atomic E-state index is 12.0. The van der Waals surface area contributed by atoms with E-state index in [4.69, 9.17) is 5.73 Å². The average Bonchev–Trinajstić information content (AvgIpc) is 2.75. The molecule has 0 saturated heterocycles. The molecule has 6 nitrogen and oxygen atoms in total. The number of carbonyl (C=O) groups excluding carboxylic acids is 1. The number of amides is 1. The second-order valence-corrected chi connectivity index (χ2v) is 6.37. The van der Waals surface area contributed by atoms with Gasteiger partial charge in [-0.05, 0) is 27.2 Å². The fourth-order valence-electron chi connectivity index (χ4n) is 1.80. The summed E-state index contributed by atoms with van der Waals surface area (Å²) in [6, 6.07) is 0.173. The quantitative estimate of drug-likeness (QED) is 0.568. The summed E-state index contributed by atoms with van der Waals surface area (Å²) >= 11 is 1.39. The first-order valence-electron chi connectivity index (χ1n) is 7.12. The van der Waals surface area contributed by atoms with Crippen molar-refractivity contribution in [1.82, 2.24) is 20.1 Å². The number of unbranched alkanes of at least 4 members (excludes halogenated alkanes) is 2. The van der Waals surface area contributed by atoms with Crippen LogP contribution < -0.4 is 11.1 Å². The maximum Gasteiger partial charge on any atom is 0.233 e. The third kappa shape index (κ3) is 4.70. The molecule has 7 heteroatoms. The van der Waals surface area contributed by atoms with Gasteiger partial charge in [-0.2, -0.15) is 0 Å². The topological polar surface area (TPSA) is 85.8 Å². The third-order valence-electron chi connectivity index (χ3n) is 2.94.